The molecule has 1 saturated carbocycles. The number of amides is 1. The number of nitrogen functional groups attached to an aromatic ring is 1. The molecule has 0 radical (unpaired) electrons. The summed E-state index contributed by atoms with van der Waals surface area (Å²) in [6.07, 6.45) is -1.60. The number of aromatic nitrogens is 3. The van der Waals surface area contributed by atoms with Gasteiger partial charge in [-0.25, -0.2) is 4.68 Å². The summed E-state index contributed by atoms with van der Waals surface area (Å²) in [5.41, 5.74) is 12.4. The summed E-state index contributed by atoms with van der Waals surface area (Å²) in [6, 6.07) is 3.34. The largest absolute Gasteiger partial charge is 0.496 e. The van der Waals surface area contributed by atoms with Crippen molar-refractivity contribution in [3.05, 3.63) is 34.5 Å². The van der Waals surface area contributed by atoms with Gasteiger partial charge in [0, 0.05) is 5.56 Å². The lowest BCUT2D eigenvalue weighted by molar-refractivity contribution is -0.140. The first-order valence-corrected chi connectivity index (χ1v) is 10.0. The summed E-state index contributed by atoms with van der Waals surface area (Å²) < 4.78 is 50.2. The highest BCUT2D eigenvalue weighted by molar-refractivity contribution is 6.12. The van der Waals surface area contributed by atoms with Crippen molar-refractivity contribution in [2.24, 2.45) is 5.73 Å². The fraction of sp³-hybridized carbons (Fsp3) is 0.429. The van der Waals surface area contributed by atoms with E-state index in [0.717, 1.165) is 18.4 Å². The molecule has 4 rings (SSSR count). The highest BCUT2D eigenvalue weighted by Crippen LogP contribution is 2.44. The Hall–Kier alpha value is -3.17. The van der Waals surface area contributed by atoms with Gasteiger partial charge in [0.2, 0.25) is 0 Å². The molecule has 31 heavy (non-hydrogen) atoms. The molecule has 0 aliphatic heterocycles. The first-order valence-electron chi connectivity index (χ1n) is 10.0. The molecular formula is C21H24F3N5O2. The van der Waals surface area contributed by atoms with Crippen molar-refractivity contribution < 1.29 is 22.7 Å². The van der Waals surface area contributed by atoms with Crippen LogP contribution in [0.1, 0.15) is 58.9 Å². The average Bonchev–Trinajstić information content (AvgIpc) is 3.37. The van der Waals surface area contributed by atoms with E-state index in [0.29, 0.717) is 29.8 Å². The Balaban J connectivity index is 2.21. The number of benzene rings is 1. The van der Waals surface area contributed by atoms with Gasteiger partial charge in [-0.3, -0.25) is 9.36 Å². The van der Waals surface area contributed by atoms with Crippen LogP contribution in [-0.2, 0) is 6.18 Å². The minimum absolute atomic E-state index is 0.130. The van der Waals surface area contributed by atoms with Gasteiger partial charge in [0.1, 0.15) is 17.2 Å². The lowest BCUT2D eigenvalue weighted by Gasteiger charge is -2.19. The van der Waals surface area contributed by atoms with Crippen molar-refractivity contribution in [1.82, 2.24) is 14.3 Å². The third-order valence-corrected chi connectivity index (χ3v) is 6.06. The number of anilines is 1. The van der Waals surface area contributed by atoms with Gasteiger partial charge in [-0.05, 0) is 38.3 Å². The number of rotatable bonds is 4. The summed E-state index contributed by atoms with van der Waals surface area (Å²) in [4.78, 5) is 12.3. The fourth-order valence-electron chi connectivity index (χ4n) is 4.68. The molecule has 4 N–H and O–H groups in total. The molecule has 1 aliphatic carbocycles. The summed E-state index contributed by atoms with van der Waals surface area (Å²) in [7, 11) is 1.51. The van der Waals surface area contributed by atoms with Crippen molar-refractivity contribution in [2.75, 3.05) is 12.8 Å². The van der Waals surface area contributed by atoms with Gasteiger partial charge in [-0.1, -0.05) is 18.9 Å². The van der Waals surface area contributed by atoms with Crippen molar-refractivity contribution >= 4 is 22.8 Å². The van der Waals surface area contributed by atoms with Gasteiger partial charge in [0.05, 0.1) is 29.8 Å². The minimum atomic E-state index is -4.77. The van der Waals surface area contributed by atoms with Gasteiger partial charge in [0.15, 0.2) is 5.69 Å². The number of ether oxygens (including phenoxy) is 1. The maximum atomic E-state index is 14.0. The van der Waals surface area contributed by atoms with E-state index in [1.807, 2.05) is 6.92 Å². The Bertz CT molecular complexity index is 1190. The van der Waals surface area contributed by atoms with E-state index >= 15 is 0 Å². The molecule has 1 fully saturated rings. The second-order valence-corrected chi connectivity index (χ2v) is 7.95. The predicted molar refractivity (Wildman–Crippen MR) is 111 cm³/mol. The quantitative estimate of drug-likeness (QED) is 0.639. The Morgan fingerprint density at radius 2 is 1.87 bits per heavy atom. The number of methoxy groups -OCH3 is 1. The van der Waals surface area contributed by atoms with Crippen LogP contribution in [0.5, 0.6) is 5.75 Å². The predicted octanol–water partition coefficient (Wildman–Crippen LogP) is 4.27. The summed E-state index contributed by atoms with van der Waals surface area (Å²) in [5, 5.41) is 3.60. The van der Waals surface area contributed by atoms with E-state index in [-0.39, 0.29) is 28.5 Å². The van der Waals surface area contributed by atoms with Gasteiger partial charge >= 0.3 is 6.18 Å². The van der Waals surface area contributed by atoms with Crippen LogP contribution in [0.3, 0.4) is 0 Å². The lowest BCUT2D eigenvalue weighted by atomic mass is 10.1. The number of carbonyl (C=O) groups excluding carboxylic acids is 1. The molecule has 3 aromatic rings. The zero-order chi connectivity index (χ0) is 22.7. The number of halogens is 3. The van der Waals surface area contributed by atoms with Gasteiger partial charge < -0.3 is 16.2 Å². The smallest absolute Gasteiger partial charge is 0.435 e. The Labute approximate surface area is 176 Å². The molecule has 0 spiro atoms. The van der Waals surface area contributed by atoms with Crippen LogP contribution < -0.4 is 16.2 Å². The Kier molecular flexibility index (Phi) is 4.90. The number of nitrogens with zero attached hydrogens (tertiary/aromatic N) is 3. The van der Waals surface area contributed by atoms with E-state index < -0.39 is 17.8 Å². The molecule has 166 valence electrons. The second-order valence-electron chi connectivity index (χ2n) is 7.95. The average molecular weight is 435 g/mol. The van der Waals surface area contributed by atoms with Crippen molar-refractivity contribution in [3.63, 3.8) is 0 Å². The molecule has 0 atom stereocenters. The van der Waals surface area contributed by atoms with Crippen LogP contribution in [0.4, 0.5) is 19.0 Å². The van der Waals surface area contributed by atoms with Crippen molar-refractivity contribution in [3.8, 4) is 11.4 Å². The van der Waals surface area contributed by atoms with Crippen LogP contribution in [0, 0.1) is 13.8 Å². The molecular weight excluding hydrogens is 411 g/mol. The molecule has 0 saturated heterocycles. The number of primary amides is 1. The van der Waals surface area contributed by atoms with Gasteiger partial charge in [-0.2, -0.15) is 18.3 Å². The zero-order valence-corrected chi connectivity index (χ0v) is 17.5. The number of aryl methyl sites for hydroxylation is 1. The Morgan fingerprint density at radius 3 is 2.42 bits per heavy atom. The van der Waals surface area contributed by atoms with Crippen LogP contribution in [0.25, 0.3) is 16.7 Å². The van der Waals surface area contributed by atoms with Crippen LogP contribution in [0.2, 0.25) is 0 Å². The number of hydrogen-bond donors (Lipinski definition) is 2. The summed E-state index contributed by atoms with van der Waals surface area (Å²) in [5.74, 6) is -0.627. The monoisotopic (exact) mass is 435 g/mol. The topological polar surface area (TPSA) is 101 Å². The van der Waals surface area contributed by atoms with E-state index in [1.54, 1.807) is 19.1 Å². The molecule has 2 aromatic heterocycles. The molecule has 0 unspecified atom stereocenters. The molecule has 10 heteroatoms. The zero-order valence-electron chi connectivity index (χ0n) is 17.5. The number of carbonyl (C=O) groups is 1. The lowest BCUT2D eigenvalue weighted by Crippen LogP contribution is -2.17. The van der Waals surface area contributed by atoms with Crippen LogP contribution >= 0.6 is 0 Å². The number of hydrogen-bond acceptors (Lipinski definition) is 4. The standard InChI is InChI=1S/C21H24F3N5O2/c1-10-8-9-13(31-3)11(2)16(10)28-18(25)15(19(26)30)14-17(21(22,23)24)27-29(20(14)28)12-6-4-5-7-12/h8-9,12H,4-7,25H2,1-3H3,(H2,26,30). The van der Waals surface area contributed by atoms with Crippen LogP contribution in [-0.4, -0.2) is 27.4 Å². The van der Waals surface area contributed by atoms with E-state index in [1.165, 1.54) is 16.4 Å². The summed E-state index contributed by atoms with van der Waals surface area (Å²) >= 11 is 0. The van der Waals surface area contributed by atoms with Gasteiger partial charge in [0.25, 0.3) is 5.91 Å². The first-order chi connectivity index (χ1) is 14.6. The molecule has 2 heterocycles. The summed E-state index contributed by atoms with van der Waals surface area (Å²) in [6.45, 7) is 3.61. The van der Waals surface area contributed by atoms with Crippen molar-refractivity contribution in [2.45, 2.75) is 51.7 Å². The van der Waals surface area contributed by atoms with E-state index in [2.05, 4.69) is 5.10 Å². The number of alkyl halides is 3. The highest BCUT2D eigenvalue weighted by Gasteiger charge is 2.42. The number of fused-ring (bicyclic) bond motifs is 1. The maximum absolute atomic E-state index is 14.0. The van der Waals surface area contributed by atoms with Crippen molar-refractivity contribution in [1.29, 1.82) is 0 Å². The third kappa shape index (κ3) is 3.12. The molecule has 1 aliphatic rings. The van der Waals surface area contributed by atoms with Gasteiger partial charge in [-0.15, -0.1) is 0 Å². The fourth-order valence-corrected chi connectivity index (χ4v) is 4.68. The maximum Gasteiger partial charge on any atom is 0.435 e. The highest BCUT2D eigenvalue weighted by atomic mass is 19.4. The van der Waals surface area contributed by atoms with Crippen LogP contribution in [0.15, 0.2) is 12.1 Å². The molecule has 1 amide bonds. The minimum Gasteiger partial charge on any atom is -0.496 e. The Morgan fingerprint density at radius 1 is 1.23 bits per heavy atom. The SMILES string of the molecule is COc1ccc(C)c(-n2c(N)c(C(N)=O)c3c(C(F)(F)F)nn(C4CCCC4)c32)c1C. The molecule has 0 bridgehead atoms. The molecule has 7 nitrogen and oxygen atoms in total. The molecule has 1 aromatic carbocycles. The number of nitrogens with two attached hydrogens (primary N) is 2. The first kappa shape index (κ1) is 21.1. The van der Waals surface area contributed by atoms with E-state index in [4.69, 9.17) is 16.2 Å². The van der Waals surface area contributed by atoms with E-state index in [9.17, 15) is 18.0 Å². The second kappa shape index (κ2) is 7.21. The third-order valence-electron chi connectivity index (χ3n) is 6.06. The normalized spacial score (nSPS) is 15.2.